The van der Waals surface area contributed by atoms with E-state index < -0.39 is 0 Å². The van der Waals surface area contributed by atoms with Crippen molar-refractivity contribution in [2.24, 2.45) is 0 Å². The van der Waals surface area contributed by atoms with E-state index >= 15 is 0 Å². The summed E-state index contributed by atoms with van der Waals surface area (Å²) in [6.07, 6.45) is 2.30. The zero-order valence-corrected chi connectivity index (χ0v) is 14.2. The molecule has 1 aliphatic heterocycles. The summed E-state index contributed by atoms with van der Waals surface area (Å²) in [5.74, 6) is 0.944. The highest BCUT2D eigenvalue weighted by Gasteiger charge is 2.35. The minimum Gasteiger partial charge on any atom is -0.496 e. The second-order valence-corrected chi connectivity index (χ2v) is 6.51. The number of thiocarbonyl (C=S) groups is 1. The zero-order chi connectivity index (χ0) is 16.7. The van der Waals surface area contributed by atoms with Gasteiger partial charge in [-0.2, -0.15) is 0 Å². The molecule has 1 aliphatic carbocycles. The van der Waals surface area contributed by atoms with Gasteiger partial charge in [-0.25, -0.2) is 0 Å². The lowest BCUT2D eigenvalue weighted by Crippen LogP contribution is -2.46. The Morgan fingerprint density at radius 2 is 2.00 bits per heavy atom. The van der Waals surface area contributed by atoms with Crippen molar-refractivity contribution >= 4 is 33.9 Å². The number of rotatable bonds is 2. The molecule has 0 aromatic heterocycles. The molecule has 2 aliphatic rings. The number of nitrogens with one attached hydrogen (secondary N) is 2. The lowest BCUT2D eigenvalue weighted by Gasteiger charge is -2.34. The predicted octanol–water partition coefficient (Wildman–Crippen LogP) is 3.37. The largest absolute Gasteiger partial charge is 0.496 e. The van der Waals surface area contributed by atoms with Gasteiger partial charge in [-0.3, -0.25) is 4.79 Å². The van der Waals surface area contributed by atoms with Crippen LogP contribution in [0.1, 0.15) is 30.9 Å². The molecule has 4 rings (SSSR count). The fraction of sp³-hybridized carbons (Fsp3) is 0.263. The van der Waals surface area contributed by atoms with Crippen LogP contribution in [0.15, 0.2) is 47.7 Å². The van der Waals surface area contributed by atoms with E-state index in [1.807, 2.05) is 24.3 Å². The Kier molecular flexibility index (Phi) is 3.73. The van der Waals surface area contributed by atoms with Crippen LogP contribution < -0.4 is 15.4 Å². The highest BCUT2D eigenvalue weighted by molar-refractivity contribution is 7.80. The average molecular weight is 338 g/mol. The van der Waals surface area contributed by atoms with Gasteiger partial charge >= 0.3 is 0 Å². The van der Waals surface area contributed by atoms with E-state index in [2.05, 4.69) is 22.8 Å². The van der Waals surface area contributed by atoms with Gasteiger partial charge in [0.15, 0.2) is 10.9 Å². The molecule has 2 aromatic rings. The summed E-state index contributed by atoms with van der Waals surface area (Å²) in [5, 5.41) is 9.21. The Bertz CT molecular complexity index is 888. The van der Waals surface area contributed by atoms with Gasteiger partial charge in [-0.05, 0) is 41.9 Å². The maximum atomic E-state index is 12.6. The molecule has 1 unspecified atom stereocenters. The summed E-state index contributed by atoms with van der Waals surface area (Å²) in [5.41, 5.74) is 2.72. The number of methoxy groups -OCH3 is 1. The summed E-state index contributed by atoms with van der Waals surface area (Å²) in [6, 6.07) is 11.9. The number of hydrogen-bond acceptors (Lipinski definition) is 3. The molecule has 0 bridgehead atoms. The molecular weight excluding hydrogens is 320 g/mol. The van der Waals surface area contributed by atoms with Crippen LogP contribution in [0.25, 0.3) is 10.8 Å². The highest BCUT2D eigenvalue weighted by Crippen LogP contribution is 2.40. The predicted molar refractivity (Wildman–Crippen MR) is 98.0 cm³/mol. The lowest BCUT2D eigenvalue weighted by molar-refractivity contribution is -0.116. The molecule has 0 amide bonds. The van der Waals surface area contributed by atoms with E-state index in [9.17, 15) is 4.79 Å². The summed E-state index contributed by atoms with van der Waals surface area (Å²) >= 11 is 5.38. The molecular formula is C19H18N2O2S. The number of allylic oxidation sites excluding steroid dienone is 1. The van der Waals surface area contributed by atoms with Crippen LogP contribution >= 0.6 is 12.2 Å². The van der Waals surface area contributed by atoms with Gasteiger partial charge in [0.05, 0.1) is 13.2 Å². The van der Waals surface area contributed by atoms with Crippen LogP contribution in [0, 0.1) is 0 Å². The fourth-order valence-corrected chi connectivity index (χ4v) is 3.91. The molecule has 5 heteroatoms. The summed E-state index contributed by atoms with van der Waals surface area (Å²) in [6.45, 7) is 0. The van der Waals surface area contributed by atoms with E-state index in [-0.39, 0.29) is 11.8 Å². The quantitative estimate of drug-likeness (QED) is 0.822. The van der Waals surface area contributed by atoms with Crippen molar-refractivity contribution in [2.75, 3.05) is 7.11 Å². The zero-order valence-electron chi connectivity index (χ0n) is 13.4. The number of carbonyl (C=O) groups excluding carboxylic acids is 1. The topological polar surface area (TPSA) is 50.4 Å². The number of carbonyl (C=O) groups is 1. The van der Waals surface area contributed by atoms with Crippen molar-refractivity contribution in [3.8, 4) is 5.75 Å². The van der Waals surface area contributed by atoms with E-state index in [0.717, 1.165) is 46.2 Å². The highest BCUT2D eigenvalue weighted by atomic mass is 32.1. The molecule has 0 saturated carbocycles. The average Bonchev–Trinajstić information content (AvgIpc) is 2.60. The van der Waals surface area contributed by atoms with Crippen LogP contribution in [-0.2, 0) is 4.79 Å². The first-order chi connectivity index (χ1) is 11.7. The number of hydrogen-bond donors (Lipinski definition) is 2. The fourth-order valence-electron chi connectivity index (χ4n) is 3.67. The third-order valence-electron chi connectivity index (χ3n) is 4.72. The van der Waals surface area contributed by atoms with Crippen molar-refractivity contribution in [3.05, 3.63) is 53.2 Å². The Labute approximate surface area is 145 Å². The Morgan fingerprint density at radius 1 is 1.17 bits per heavy atom. The van der Waals surface area contributed by atoms with E-state index in [4.69, 9.17) is 17.0 Å². The normalized spacial score (nSPS) is 20.5. The summed E-state index contributed by atoms with van der Waals surface area (Å²) in [4.78, 5) is 12.6. The van der Waals surface area contributed by atoms with E-state index in [1.54, 1.807) is 7.11 Å². The molecule has 2 N–H and O–H groups in total. The van der Waals surface area contributed by atoms with Crippen LogP contribution in [0.4, 0.5) is 0 Å². The van der Waals surface area contributed by atoms with Crippen molar-refractivity contribution in [2.45, 2.75) is 25.3 Å². The second kappa shape index (κ2) is 5.91. The van der Waals surface area contributed by atoms with Crippen LogP contribution in [0.2, 0.25) is 0 Å². The van der Waals surface area contributed by atoms with E-state index in [0.29, 0.717) is 11.5 Å². The SMILES string of the molecule is COc1ccc2ccccc2c1C1NC(=S)NC2=C1C(=O)CCC2. The van der Waals surface area contributed by atoms with Gasteiger partial charge in [-0.15, -0.1) is 0 Å². The van der Waals surface area contributed by atoms with Crippen LogP contribution in [0.3, 0.4) is 0 Å². The molecule has 1 atom stereocenters. The molecule has 24 heavy (non-hydrogen) atoms. The second-order valence-electron chi connectivity index (χ2n) is 6.10. The van der Waals surface area contributed by atoms with E-state index in [1.165, 1.54) is 0 Å². The maximum Gasteiger partial charge on any atom is 0.171 e. The van der Waals surface area contributed by atoms with Crippen molar-refractivity contribution < 1.29 is 9.53 Å². The monoisotopic (exact) mass is 338 g/mol. The van der Waals surface area contributed by atoms with Gasteiger partial charge in [0.2, 0.25) is 0 Å². The van der Waals surface area contributed by atoms with Gasteiger partial charge in [0, 0.05) is 23.3 Å². The molecule has 122 valence electrons. The molecule has 1 heterocycles. The Hall–Kier alpha value is -2.40. The Morgan fingerprint density at radius 3 is 2.83 bits per heavy atom. The number of ketones is 1. The van der Waals surface area contributed by atoms with Crippen LogP contribution in [0.5, 0.6) is 5.75 Å². The number of benzene rings is 2. The first kappa shape index (κ1) is 15.1. The van der Waals surface area contributed by atoms with Gasteiger partial charge in [-0.1, -0.05) is 30.3 Å². The van der Waals surface area contributed by atoms with Gasteiger partial charge < -0.3 is 15.4 Å². The third-order valence-corrected chi connectivity index (χ3v) is 4.94. The van der Waals surface area contributed by atoms with Gasteiger partial charge in [0.1, 0.15) is 5.75 Å². The van der Waals surface area contributed by atoms with Crippen molar-refractivity contribution in [3.63, 3.8) is 0 Å². The molecule has 4 nitrogen and oxygen atoms in total. The minimum atomic E-state index is -0.275. The summed E-state index contributed by atoms with van der Waals surface area (Å²) < 4.78 is 5.62. The van der Waals surface area contributed by atoms with Crippen molar-refractivity contribution in [1.29, 1.82) is 0 Å². The third kappa shape index (κ3) is 2.36. The summed E-state index contributed by atoms with van der Waals surface area (Å²) in [7, 11) is 1.66. The van der Waals surface area contributed by atoms with Crippen molar-refractivity contribution in [1.82, 2.24) is 10.6 Å². The number of ether oxygens (including phenoxy) is 1. The number of fused-ring (bicyclic) bond motifs is 1. The molecule has 2 aromatic carbocycles. The molecule has 0 spiro atoms. The first-order valence-corrected chi connectivity index (χ1v) is 8.49. The Balaban J connectivity index is 1.99. The number of Topliss-reactive ketones (excluding diaryl/α,β-unsaturated/α-hetero) is 1. The van der Waals surface area contributed by atoms with Crippen LogP contribution in [-0.4, -0.2) is 18.0 Å². The minimum absolute atomic E-state index is 0.179. The molecule has 0 radical (unpaired) electrons. The molecule has 0 fully saturated rings. The first-order valence-electron chi connectivity index (χ1n) is 8.08. The van der Waals surface area contributed by atoms with Gasteiger partial charge in [0.25, 0.3) is 0 Å². The smallest absolute Gasteiger partial charge is 0.171 e. The molecule has 0 saturated heterocycles. The maximum absolute atomic E-state index is 12.6. The lowest BCUT2D eigenvalue weighted by atomic mass is 9.83. The standard InChI is InChI=1S/C19H18N2O2S/c1-23-15-10-9-11-5-2-3-6-12(11)16(15)18-17-13(20-19(24)21-18)7-4-8-14(17)22/h2-3,5-6,9-10,18H,4,7-8H2,1H3,(H2,20,21,24).